The van der Waals surface area contributed by atoms with E-state index in [1.807, 2.05) is 0 Å². The number of rotatable bonds is 4. The van der Waals surface area contributed by atoms with Crippen LogP contribution in [0.15, 0.2) is 24.5 Å². The van der Waals surface area contributed by atoms with Gasteiger partial charge in [0.05, 0.1) is 6.20 Å². The molecule has 0 unspecified atom stereocenters. The highest BCUT2D eigenvalue weighted by Gasteiger charge is 2.00. The van der Waals surface area contributed by atoms with Crippen molar-refractivity contribution >= 4 is 0 Å². The van der Waals surface area contributed by atoms with Gasteiger partial charge in [-0.15, -0.1) is 0 Å². The van der Waals surface area contributed by atoms with Gasteiger partial charge in [0.15, 0.2) is 0 Å². The summed E-state index contributed by atoms with van der Waals surface area (Å²) in [7, 11) is 0. The summed E-state index contributed by atoms with van der Waals surface area (Å²) in [5, 5.41) is 9.05. The van der Waals surface area contributed by atoms with Gasteiger partial charge in [-0.25, -0.2) is 0 Å². The van der Waals surface area contributed by atoms with Crippen LogP contribution in [0.2, 0.25) is 0 Å². The van der Waals surface area contributed by atoms with Crippen molar-refractivity contribution in [2.24, 2.45) is 5.73 Å². The molecule has 1 heterocycles. The first-order valence-corrected chi connectivity index (χ1v) is 3.74. The summed E-state index contributed by atoms with van der Waals surface area (Å²) < 4.78 is 5.17. The Bertz CT molecular complexity index is 216. The number of ether oxygens (including phenoxy) is 1. The fraction of sp³-hybridized carbons (Fsp3) is 0.375. The molecule has 0 aliphatic rings. The molecular formula is C8H12N2O2. The van der Waals surface area contributed by atoms with Crippen LogP contribution in [0, 0.1) is 0 Å². The third kappa shape index (κ3) is 2.86. The summed E-state index contributed by atoms with van der Waals surface area (Å²) in [5.41, 5.74) is 5.19. The van der Waals surface area contributed by atoms with E-state index in [0.717, 1.165) is 0 Å². The van der Waals surface area contributed by atoms with Crippen LogP contribution < -0.4 is 10.5 Å². The van der Waals surface area contributed by atoms with E-state index < -0.39 is 6.10 Å². The number of aliphatic hydroxyl groups excluding tert-OH is 1. The van der Waals surface area contributed by atoms with Gasteiger partial charge in [-0.2, -0.15) is 0 Å². The second kappa shape index (κ2) is 4.69. The van der Waals surface area contributed by atoms with Crippen molar-refractivity contribution in [1.29, 1.82) is 0 Å². The number of aromatic nitrogens is 1. The lowest BCUT2D eigenvalue weighted by atomic mass is 10.4. The first kappa shape index (κ1) is 8.96. The van der Waals surface area contributed by atoms with E-state index in [4.69, 9.17) is 15.6 Å². The molecule has 3 N–H and O–H groups in total. The summed E-state index contributed by atoms with van der Waals surface area (Å²) in [4.78, 5) is 3.85. The first-order chi connectivity index (χ1) is 5.83. The molecule has 0 aromatic carbocycles. The molecule has 1 aromatic rings. The van der Waals surface area contributed by atoms with E-state index in [0.29, 0.717) is 5.75 Å². The molecular weight excluding hydrogens is 156 g/mol. The molecule has 1 aromatic heterocycles. The van der Waals surface area contributed by atoms with Crippen molar-refractivity contribution in [1.82, 2.24) is 4.98 Å². The summed E-state index contributed by atoms with van der Waals surface area (Å²) >= 11 is 0. The van der Waals surface area contributed by atoms with Crippen molar-refractivity contribution in [2.75, 3.05) is 13.2 Å². The number of pyridine rings is 1. The fourth-order valence-electron chi connectivity index (χ4n) is 0.693. The van der Waals surface area contributed by atoms with E-state index in [9.17, 15) is 0 Å². The molecule has 0 saturated carbocycles. The number of nitrogens with two attached hydrogens (primary N) is 1. The maximum atomic E-state index is 9.05. The number of hydrogen-bond donors (Lipinski definition) is 2. The van der Waals surface area contributed by atoms with Crippen LogP contribution >= 0.6 is 0 Å². The van der Waals surface area contributed by atoms with Gasteiger partial charge in [-0.1, -0.05) is 0 Å². The highest BCUT2D eigenvalue weighted by Crippen LogP contribution is 2.05. The minimum absolute atomic E-state index is 0.209. The Morgan fingerprint density at radius 2 is 2.50 bits per heavy atom. The molecule has 4 nitrogen and oxygen atoms in total. The molecule has 0 aliphatic carbocycles. The second-order valence-electron chi connectivity index (χ2n) is 2.39. The van der Waals surface area contributed by atoms with Gasteiger partial charge in [0.2, 0.25) is 0 Å². The lowest BCUT2D eigenvalue weighted by Gasteiger charge is -2.08. The normalized spacial score (nSPS) is 12.5. The molecule has 0 amide bonds. The van der Waals surface area contributed by atoms with Crippen LogP contribution in [-0.4, -0.2) is 29.3 Å². The Morgan fingerprint density at radius 3 is 3.08 bits per heavy atom. The zero-order chi connectivity index (χ0) is 8.81. The summed E-state index contributed by atoms with van der Waals surface area (Å²) in [6.45, 7) is 0.419. The average Bonchev–Trinajstić information content (AvgIpc) is 2.16. The van der Waals surface area contributed by atoms with E-state index in [2.05, 4.69) is 4.98 Å². The van der Waals surface area contributed by atoms with Gasteiger partial charge >= 0.3 is 0 Å². The summed E-state index contributed by atoms with van der Waals surface area (Å²) in [6.07, 6.45) is 2.64. The molecule has 4 heteroatoms. The van der Waals surface area contributed by atoms with Crippen LogP contribution in [-0.2, 0) is 0 Å². The Balaban J connectivity index is 2.33. The van der Waals surface area contributed by atoms with Crippen LogP contribution in [0.1, 0.15) is 0 Å². The van der Waals surface area contributed by atoms with E-state index in [1.54, 1.807) is 24.5 Å². The summed E-state index contributed by atoms with van der Waals surface area (Å²) in [5.74, 6) is 0.644. The monoisotopic (exact) mass is 168 g/mol. The molecule has 66 valence electrons. The zero-order valence-corrected chi connectivity index (χ0v) is 6.68. The molecule has 0 bridgehead atoms. The summed E-state index contributed by atoms with van der Waals surface area (Å²) in [6, 6.07) is 3.54. The minimum atomic E-state index is -0.606. The predicted molar refractivity (Wildman–Crippen MR) is 44.8 cm³/mol. The topological polar surface area (TPSA) is 68.4 Å². The minimum Gasteiger partial charge on any atom is -0.489 e. The molecule has 0 saturated heterocycles. The van der Waals surface area contributed by atoms with Gasteiger partial charge in [0.25, 0.3) is 0 Å². The Kier molecular flexibility index (Phi) is 3.50. The molecule has 0 fully saturated rings. The number of hydrogen-bond acceptors (Lipinski definition) is 4. The third-order valence-electron chi connectivity index (χ3n) is 1.35. The zero-order valence-electron chi connectivity index (χ0n) is 6.68. The molecule has 0 radical (unpaired) electrons. The number of aliphatic hydroxyl groups is 1. The lowest BCUT2D eigenvalue weighted by Crippen LogP contribution is -2.26. The van der Waals surface area contributed by atoms with Crippen molar-refractivity contribution in [3.8, 4) is 5.75 Å². The lowest BCUT2D eigenvalue weighted by molar-refractivity contribution is 0.114. The SMILES string of the molecule is NC[C@H](O)COc1cccnc1. The van der Waals surface area contributed by atoms with Crippen LogP contribution in [0.3, 0.4) is 0 Å². The first-order valence-electron chi connectivity index (χ1n) is 3.74. The molecule has 1 atom stereocenters. The van der Waals surface area contributed by atoms with Gasteiger partial charge in [0.1, 0.15) is 18.5 Å². The molecule has 0 aliphatic heterocycles. The highest BCUT2D eigenvalue weighted by atomic mass is 16.5. The van der Waals surface area contributed by atoms with Gasteiger partial charge in [-0.05, 0) is 12.1 Å². The van der Waals surface area contributed by atoms with Crippen LogP contribution in [0.5, 0.6) is 5.75 Å². The van der Waals surface area contributed by atoms with Gasteiger partial charge in [0, 0.05) is 12.7 Å². The Hall–Kier alpha value is -1.13. The van der Waals surface area contributed by atoms with Crippen LogP contribution in [0.25, 0.3) is 0 Å². The average molecular weight is 168 g/mol. The number of nitrogens with zero attached hydrogens (tertiary/aromatic N) is 1. The fourth-order valence-corrected chi connectivity index (χ4v) is 0.693. The standard InChI is InChI=1S/C8H12N2O2/c9-4-7(11)6-12-8-2-1-3-10-5-8/h1-3,5,7,11H,4,6,9H2/t7-/m0/s1. The Morgan fingerprint density at radius 1 is 1.67 bits per heavy atom. The van der Waals surface area contributed by atoms with Crippen molar-refractivity contribution in [3.05, 3.63) is 24.5 Å². The van der Waals surface area contributed by atoms with Crippen molar-refractivity contribution in [3.63, 3.8) is 0 Å². The maximum Gasteiger partial charge on any atom is 0.137 e. The largest absolute Gasteiger partial charge is 0.489 e. The van der Waals surface area contributed by atoms with Crippen LogP contribution in [0.4, 0.5) is 0 Å². The highest BCUT2D eigenvalue weighted by molar-refractivity contribution is 5.15. The van der Waals surface area contributed by atoms with E-state index in [1.165, 1.54) is 0 Å². The van der Waals surface area contributed by atoms with Gasteiger partial charge in [-0.3, -0.25) is 4.98 Å². The maximum absolute atomic E-state index is 9.05. The van der Waals surface area contributed by atoms with Gasteiger partial charge < -0.3 is 15.6 Å². The Labute approximate surface area is 71.0 Å². The second-order valence-corrected chi connectivity index (χ2v) is 2.39. The molecule has 0 spiro atoms. The quantitative estimate of drug-likeness (QED) is 0.652. The smallest absolute Gasteiger partial charge is 0.137 e. The molecule has 1 rings (SSSR count). The van der Waals surface area contributed by atoms with E-state index >= 15 is 0 Å². The van der Waals surface area contributed by atoms with Crippen molar-refractivity contribution < 1.29 is 9.84 Å². The van der Waals surface area contributed by atoms with Crippen molar-refractivity contribution in [2.45, 2.75) is 6.10 Å². The predicted octanol–water partition coefficient (Wildman–Crippen LogP) is -0.220. The molecule has 12 heavy (non-hydrogen) atoms. The third-order valence-corrected chi connectivity index (χ3v) is 1.35. The van der Waals surface area contributed by atoms with E-state index in [-0.39, 0.29) is 13.2 Å².